The lowest BCUT2D eigenvalue weighted by atomic mass is 9.79. The van der Waals surface area contributed by atoms with Gasteiger partial charge in [0.05, 0.1) is 12.3 Å². The van der Waals surface area contributed by atoms with Gasteiger partial charge in [-0.1, -0.05) is 6.92 Å². The first-order valence-corrected chi connectivity index (χ1v) is 8.20. The van der Waals surface area contributed by atoms with Crippen LogP contribution in [0.1, 0.15) is 59.9 Å². The molecule has 0 aromatic carbocycles. The molecule has 1 fully saturated rings. The summed E-state index contributed by atoms with van der Waals surface area (Å²) in [6.45, 7) is 5.05. The maximum Gasteiger partial charge on any atom is 0.347 e. The molecule has 2 rings (SSSR count). The molecule has 1 aliphatic rings. The largest absolute Gasteiger partial charge is 0.477 e. The van der Waals surface area contributed by atoms with Crippen LogP contribution in [0.15, 0.2) is 0 Å². The molecule has 1 aromatic heterocycles. The van der Waals surface area contributed by atoms with Crippen LogP contribution in [0.3, 0.4) is 0 Å². The molecule has 0 bridgehead atoms. The van der Waals surface area contributed by atoms with Crippen LogP contribution in [0.4, 0.5) is 0 Å². The zero-order valence-electron chi connectivity index (χ0n) is 12.8. The second-order valence-corrected chi connectivity index (χ2v) is 6.64. The van der Waals surface area contributed by atoms with Crippen molar-refractivity contribution in [2.45, 2.75) is 51.7 Å². The monoisotopic (exact) mass is 313 g/mol. The lowest BCUT2D eigenvalue weighted by Gasteiger charge is -2.37. The first-order chi connectivity index (χ1) is 10.0. The Morgan fingerprint density at radius 2 is 2.14 bits per heavy atom. The fourth-order valence-corrected chi connectivity index (χ4v) is 3.98. The molecule has 6 heteroatoms. The molecule has 1 heterocycles. The van der Waals surface area contributed by atoms with Gasteiger partial charge in [0.1, 0.15) is 15.5 Å². The Kier molecular flexibility index (Phi) is 5.35. The maximum atomic E-state index is 11.4. The minimum Gasteiger partial charge on any atom is -0.477 e. The highest BCUT2D eigenvalue weighted by Crippen LogP contribution is 2.44. The molecule has 0 aliphatic heterocycles. The molecule has 0 unspecified atom stereocenters. The Morgan fingerprint density at radius 1 is 1.48 bits per heavy atom. The van der Waals surface area contributed by atoms with E-state index in [1.54, 1.807) is 7.11 Å². The number of carboxylic acids is 1. The van der Waals surface area contributed by atoms with Crippen molar-refractivity contribution in [1.29, 1.82) is 0 Å². The van der Waals surface area contributed by atoms with Crippen molar-refractivity contribution in [3.63, 3.8) is 0 Å². The summed E-state index contributed by atoms with van der Waals surface area (Å²) in [4.78, 5) is 16.2. The number of hydrogen-bond donors (Lipinski definition) is 1. The molecule has 118 valence electrons. The molecule has 0 saturated heterocycles. The molecule has 0 spiro atoms. The molecule has 1 aromatic rings. The van der Waals surface area contributed by atoms with Crippen molar-refractivity contribution < 1.29 is 19.4 Å². The molecule has 0 atom stereocenters. The smallest absolute Gasteiger partial charge is 0.347 e. The number of hydrogen-bond acceptors (Lipinski definition) is 5. The second-order valence-electron chi connectivity index (χ2n) is 5.64. The molecule has 1 saturated carbocycles. The fraction of sp³-hybridized carbons (Fsp3) is 0.733. The number of nitrogens with zero attached hydrogens (tertiary/aromatic N) is 1. The number of carbonyl (C=O) groups is 1. The van der Waals surface area contributed by atoms with Gasteiger partial charge in [0.15, 0.2) is 0 Å². The van der Waals surface area contributed by atoms with Crippen LogP contribution in [-0.2, 0) is 21.7 Å². The number of thiazole rings is 1. The van der Waals surface area contributed by atoms with Crippen LogP contribution in [0.2, 0.25) is 0 Å². The van der Waals surface area contributed by atoms with E-state index in [-0.39, 0.29) is 11.5 Å². The predicted molar refractivity (Wildman–Crippen MR) is 80.7 cm³/mol. The Hall–Kier alpha value is -0.980. The third-order valence-corrected chi connectivity index (χ3v) is 5.34. The van der Waals surface area contributed by atoms with Crippen molar-refractivity contribution in [3.8, 4) is 0 Å². The minimum absolute atomic E-state index is 0.219. The summed E-state index contributed by atoms with van der Waals surface area (Å²) >= 11 is 1.24. The van der Waals surface area contributed by atoms with Crippen LogP contribution in [0.25, 0.3) is 0 Å². The van der Waals surface area contributed by atoms with Gasteiger partial charge in [-0.15, -0.1) is 11.3 Å². The van der Waals surface area contributed by atoms with Crippen LogP contribution in [0.5, 0.6) is 0 Å². The van der Waals surface area contributed by atoms with Gasteiger partial charge in [-0.25, -0.2) is 9.78 Å². The van der Waals surface area contributed by atoms with E-state index in [0.717, 1.165) is 30.7 Å². The average Bonchev–Trinajstić information content (AvgIpc) is 2.87. The lowest BCUT2D eigenvalue weighted by Crippen LogP contribution is -2.34. The van der Waals surface area contributed by atoms with Gasteiger partial charge in [-0.05, 0) is 38.5 Å². The summed E-state index contributed by atoms with van der Waals surface area (Å²) in [7, 11) is 1.55. The van der Waals surface area contributed by atoms with Gasteiger partial charge in [0, 0.05) is 13.7 Å². The molecule has 5 nitrogen and oxygen atoms in total. The lowest BCUT2D eigenvalue weighted by molar-refractivity contribution is -0.0777. The Balaban J connectivity index is 2.36. The van der Waals surface area contributed by atoms with Crippen LogP contribution in [0, 0.1) is 5.92 Å². The van der Waals surface area contributed by atoms with Crippen molar-refractivity contribution in [1.82, 2.24) is 4.98 Å². The summed E-state index contributed by atoms with van der Waals surface area (Å²) < 4.78 is 11.1. The van der Waals surface area contributed by atoms with E-state index in [1.165, 1.54) is 11.3 Å². The third kappa shape index (κ3) is 3.44. The zero-order valence-corrected chi connectivity index (χ0v) is 13.7. The number of aromatic carboxylic acids is 1. The summed E-state index contributed by atoms with van der Waals surface area (Å²) in [5.41, 5.74) is 0.0879. The third-order valence-electron chi connectivity index (χ3n) is 4.06. The first-order valence-electron chi connectivity index (χ1n) is 7.38. The van der Waals surface area contributed by atoms with Gasteiger partial charge < -0.3 is 14.6 Å². The van der Waals surface area contributed by atoms with E-state index < -0.39 is 11.6 Å². The highest BCUT2D eigenvalue weighted by atomic mass is 32.1. The SMILES string of the molecule is CCOC1(c2nc(COC)c(C(=O)O)s2)CCC(C)CC1. The molecule has 1 N–H and O–H groups in total. The van der Waals surface area contributed by atoms with Crippen molar-refractivity contribution in [2.75, 3.05) is 13.7 Å². The van der Waals surface area contributed by atoms with E-state index in [2.05, 4.69) is 11.9 Å². The highest BCUT2D eigenvalue weighted by molar-refractivity contribution is 7.13. The van der Waals surface area contributed by atoms with E-state index in [4.69, 9.17) is 9.47 Å². The number of rotatable bonds is 6. The van der Waals surface area contributed by atoms with Crippen LogP contribution < -0.4 is 0 Å². The number of carboxylic acid groups (broad SMARTS) is 1. The van der Waals surface area contributed by atoms with Crippen molar-refractivity contribution in [2.24, 2.45) is 5.92 Å². The van der Waals surface area contributed by atoms with Crippen LogP contribution >= 0.6 is 11.3 Å². The molecule has 0 radical (unpaired) electrons. The Morgan fingerprint density at radius 3 is 2.67 bits per heavy atom. The van der Waals surface area contributed by atoms with Crippen molar-refractivity contribution in [3.05, 3.63) is 15.6 Å². The van der Waals surface area contributed by atoms with E-state index in [9.17, 15) is 9.90 Å². The maximum absolute atomic E-state index is 11.4. The Bertz CT molecular complexity index is 492. The number of ether oxygens (including phenoxy) is 2. The van der Waals surface area contributed by atoms with Crippen molar-refractivity contribution >= 4 is 17.3 Å². The zero-order chi connectivity index (χ0) is 15.5. The van der Waals surface area contributed by atoms with Gasteiger partial charge >= 0.3 is 5.97 Å². The van der Waals surface area contributed by atoms with Gasteiger partial charge in [-0.2, -0.15) is 0 Å². The van der Waals surface area contributed by atoms with Gasteiger partial charge in [0.25, 0.3) is 0 Å². The number of methoxy groups -OCH3 is 1. The van der Waals surface area contributed by atoms with Gasteiger partial charge in [0.2, 0.25) is 0 Å². The normalized spacial score (nSPS) is 26.0. The average molecular weight is 313 g/mol. The summed E-state index contributed by atoms with van der Waals surface area (Å²) in [6, 6.07) is 0. The van der Waals surface area contributed by atoms with E-state index >= 15 is 0 Å². The molecular formula is C15H23NO4S. The predicted octanol–water partition coefficient (Wildman–Crippen LogP) is 3.43. The first kappa shape index (κ1) is 16.4. The second kappa shape index (κ2) is 6.85. The number of aromatic nitrogens is 1. The topological polar surface area (TPSA) is 68.7 Å². The Labute approximate surface area is 129 Å². The summed E-state index contributed by atoms with van der Waals surface area (Å²) in [5, 5.41) is 10.1. The summed E-state index contributed by atoms with van der Waals surface area (Å²) in [5.74, 6) is -0.252. The molecule has 21 heavy (non-hydrogen) atoms. The summed E-state index contributed by atoms with van der Waals surface area (Å²) in [6.07, 6.45) is 3.98. The van der Waals surface area contributed by atoms with E-state index in [0.29, 0.717) is 18.2 Å². The molecular weight excluding hydrogens is 290 g/mol. The minimum atomic E-state index is -0.943. The highest BCUT2D eigenvalue weighted by Gasteiger charge is 2.40. The quantitative estimate of drug-likeness (QED) is 0.871. The van der Waals surface area contributed by atoms with Gasteiger partial charge in [-0.3, -0.25) is 0 Å². The van der Waals surface area contributed by atoms with E-state index in [1.807, 2.05) is 6.92 Å². The van der Waals surface area contributed by atoms with Crippen LogP contribution in [-0.4, -0.2) is 29.8 Å². The fourth-order valence-electron chi connectivity index (χ4n) is 2.87. The molecule has 1 aliphatic carbocycles. The standard InChI is InChI=1S/C15H23NO4S/c1-4-20-15(7-5-10(2)6-8-15)14-16-11(9-19-3)12(21-14)13(17)18/h10H,4-9H2,1-3H3,(H,17,18). The molecule has 0 amide bonds.